The smallest absolute Gasteiger partial charge is 0.00610 e. The lowest BCUT2D eigenvalue weighted by Gasteiger charge is -2.15. The van der Waals surface area contributed by atoms with E-state index in [0.717, 1.165) is 0 Å². The van der Waals surface area contributed by atoms with Gasteiger partial charge in [-0.3, -0.25) is 0 Å². The fourth-order valence-corrected chi connectivity index (χ4v) is 2.53. The Kier molecular flexibility index (Phi) is 4.65. The molecule has 2 rings (SSSR count). The van der Waals surface area contributed by atoms with E-state index in [0.29, 0.717) is 17.8 Å². The standard InChI is InChI=1S/C20H26/c1-14(2)17-6-10-19(11-7-17)16(5)20-12-8-18(9-13-20)15(3)4/h6-16H,1-5H3. The van der Waals surface area contributed by atoms with Gasteiger partial charge in [0, 0.05) is 5.92 Å². The highest BCUT2D eigenvalue weighted by Gasteiger charge is 2.09. The molecule has 0 bridgehead atoms. The van der Waals surface area contributed by atoms with E-state index in [9.17, 15) is 0 Å². The SMILES string of the molecule is CC(C)c1ccc(C(C)c2ccc(C(C)C)cc2)cc1. The van der Waals surface area contributed by atoms with Gasteiger partial charge < -0.3 is 0 Å². The second-order valence-corrected chi connectivity index (χ2v) is 6.36. The minimum absolute atomic E-state index is 0.456. The Hall–Kier alpha value is -1.56. The van der Waals surface area contributed by atoms with E-state index in [2.05, 4.69) is 83.1 Å². The maximum atomic E-state index is 2.29. The average molecular weight is 266 g/mol. The van der Waals surface area contributed by atoms with Crippen molar-refractivity contribution >= 4 is 0 Å². The average Bonchev–Trinajstić information content (AvgIpc) is 2.46. The Bertz CT molecular complexity index is 478. The third kappa shape index (κ3) is 3.30. The molecule has 0 aromatic heterocycles. The summed E-state index contributed by atoms with van der Waals surface area (Å²) >= 11 is 0. The van der Waals surface area contributed by atoms with Gasteiger partial charge in [0.15, 0.2) is 0 Å². The normalized spacial score (nSPS) is 11.6. The summed E-state index contributed by atoms with van der Waals surface area (Å²) in [5, 5.41) is 0. The molecule has 0 aliphatic carbocycles. The van der Waals surface area contributed by atoms with Crippen LogP contribution in [-0.4, -0.2) is 0 Å². The van der Waals surface area contributed by atoms with E-state index in [1.807, 2.05) is 0 Å². The van der Waals surface area contributed by atoms with E-state index in [1.54, 1.807) is 0 Å². The van der Waals surface area contributed by atoms with Crippen LogP contribution in [0.4, 0.5) is 0 Å². The molecule has 106 valence electrons. The third-order valence-corrected chi connectivity index (χ3v) is 4.21. The predicted octanol–water partition coefficient (Wildman–Crippen LogP) is 6.09. The Morgan fingerprint density at radius 2 is 0.700 bits per heavy atom. The molecule has 0 radical (unpaired) electrons. The lowest BCUT2D eigenvalue weighted by atomic mass is 9.90. The maximum Gasteiger partial charge on any atom is 0.00610 e. The molecule has 0 amide bonds. The van der Waals surface area contributed by atoms with Crippen LogP contribution in [0, 0.1) is 0 Å². The van der Waals surface area contributed by atoms with Crippen LogP contribution in [0.3, 0.4) is 0 Å². The van der Waals surface area contributed by atoms with Gasteiger partial charge in [0.25, 0.3) is 0 Å². The van der Waals surface area contributed by atoms with Crippen LogP contribution in [0.5, 0.6) is 0 Å². The van der Waals surface area contributed by atoms with Gasteiger partial charge in [-0.05, 0) is 34.1 Å². The molecule has 0 fully saturated rings. The molecule has 20 heavy (non-hydrogen) atoms. The van der Waals surface area contributed by atoms with Gasteiger partial charge in [0.2, 0.25) is 0 Å². The third-order valence-electron chi connectivity index (χ3n) is 4.21. The summed E-state index contributed by atoms with van der Waals surface area (Å²) in [4.78, 5) is 0. The van der Waals surface area contributed by atoms with Crippen LogP contribution < -0.4 is 0 Å². The van der Waals surface area contributed by atoms with Crippen LogP contribution in [0.1, 0.15) is 74.6 Å². The molecule has 0 N–H and O–H groups in total. The molecule has 0 aliphatic rings. The van der Waals surface area contributed by atoms with Crippen molar-refractivity contribution in [2.45, 2.75) is 52.4 Å². The second kappa shape index (κ2) is 6.26. The monoisotopic (exact) mass is 266 g/mol. The zero-order valence-electron chi connectivity index (χ0n) is 13.4. The van der Waals surface area contributed by atoms with Crippen molar-refractivity contribution < 1.29 is 0 Å². The van der Waals surface area contributed by atoms with Crippen molar-refractivity contribution in [3.05, 3.63) is 70.8 Å². The number of benzene rings is 2. The highest BCUT2D eigenvalue weighted by molar-refractivity contribution is 5.36. The highest BCUT2D eigenvalue weighted by Crippen LogP contribution is 2.27. The van der Waals surface area contributed by atoms with Crippen molar-refractivity contribution in [1.82, 2.24) is 0 Å². The van der Waals surface area contributed by atoms with Gasteiger partial charge in [-0.2, -0.15) is 0 Å². The van der Waals surface area contributed by atoms with Gasteiger partial charge in [0.1, 0.15) is 0 Å². The second-order valence-electron chi connectivity index (χ2n) is 6.36. The van der Waals surface area contributed by atoms with Crippen molar-refractivity contribution in [3.63, 3.8) is 0 Å². The molecule has 0 heterocycles. The lowest BCUT2D eigenvalue weighted by Crippen LogP contribution is -1.98. The number of hydrogen-bond donors (Lipinski definition) is 0. The molecule has 0 unspecified atom stereocenters. The van der Waals surface area contributed by atoms with Crippen molar-refractivity contribution in [2.24, 2.45) is 0 Å². The molecule has 0 aliphatic heterocycles. The molecule has 2 aromatic carbocycles. The van der Waals surface area contributed by atoms with E-state index in [1.165, 1.54) is 22.3 Å². The molecule has 2 aromatic rings. The summed E-state index contributed by atoms with van der Waals surface area (Å²) in [6, 6.07) is 18.1. The van der Waals surface area contributed by atoms with Crippen molar-refractivity contribution in [2.75, 3.05) is 0 Å². The molecule has 0 heteroatoms. The Morgan fingerprint density at radius 3 is 0.950 bits per heavy atom. The van der Waals surface area contributed by atoms with Gasteiger partial charge in [-0.15, -0.1) is 0 Å². The van der Waals surface area contributed by atoms with E-state index >= 15 is 0 Å². The summed E-state index contributed by atoms with van der Waals surface area (Å²) in [5.41, 5.74) is 5.62. The fourth-order valence-electron chi connectivity index (χ4n) is 2.53. The van der Waals surface area contributed by atoms with Gasteiger partial charge in [-0.25, -0.2) is 0 Å². The molecular formula is C20H26. The first-order chi connectivity index (χ1) is 9.49. The zero-order valence-corrected chi connectivity index (χ0v) is 13.4. The summed E-state index contributed by atoms with van der Waals surface area (Å²) in [5.74, 6) is 1.66. The molecule has 0 nitrogen and oxygen atoms in total. The quantitative estimate of drug-likeness (QED) is 0.628. The largest absolute Gasteiger partial charge is 0.0587 e. The zero-order chi connectivity index (χ0) is 14.7. The van der Waals surface area contributed by atoms with Crippen LogP contribution >= 0.6 is 0 Å². The van der Waals surface area contributed by atoms with E-state index in [-0.39, 0.29) is 0 Å². The number of rotatable bonds is 4. The molecule has 0 saturated heterocycles. The molecule has 0 saturated carbocycles. The van der Waals surface area contributed by atoms with Gasteiger partial charge in [-0.1, -0.05) is 83.1 Å². The summed E-state index contributed by atoms with van der Waals surface area (Å²) in [7, 11) is 0. The topological polar surface area (TPSA) is 0 Å². The summed E-state index contributed by atoms with van der Waals surface area (Å²) < 4.78 is 0. The predicted molar refractivity (Wildman–Crippen MR) is 88.6 cm³/mol. The Labute approximate surface area is 123 Å². The van der Waals surface area contributed by atoms with Crippen LogP contribution in [0.15, 0.2) is 48.5 Å². The first kappa shape index (κ1) is 14.8. The molecule has 0 atom stereocenters. The van der Waals surface area contributed by atoms with Gasteiger partial charge >= 0.3 is 0 Å². The first-order valence-electron chi connectivity index (χ1n) is 7.68. The maximum absolute atomic E-state index is 2.29. The van der Waals surface area contributed by atoms with E-state index in [4.69, 9.17) is 0 Å². The fraction of sp³-hybridized carbons (Fsp3) is 0.400. The van der Waals surface area contributed by atoms with Crippen LogP contribution in [0.25, 0.3) is 0 Å². The van der Waals surface area contributed by atoms with E-state index < -0.39 is 0 Å². The minimum atomic E-state index is 0.456. The van der Waals surface area contributed by atoms with Crippen LogP contribution in [0.2, 0.25) is 0 Å². The Morgan fingerprint density at radius 1 is 0.450 bits per heavy atom. The minimum Gasteiger partial charge on any atom is -0.0587 e. The van der Waals surface area contributed by atoms with Gasteiger partial charge in [0.05, 0.1) is 0 Å². The lowest BCUT2D eigenvalue weighted by molar-refractivity contribution is 0.853. The van der Waals surface area contributed by atoms with Crippen LogP contribution in [-0.2, 0) is 0 Å². The highest BCUT2D eigenvalue weighted by atomic mass is 14.1. The summed E-state index contributed by atoms with van der Waals surface area (Å²) in [6.45, 7) is 11.2. The number of hydrogen-bond acceptors (Lipinski definition) is 0. The van der Waals surface area contributed by atoms with Crippen molar-refractivity contribution in [3.8, 4) is 0 Å². The van der Waals surface area contributed by atoms with Crippen molar-refractivity contribution in [1.29, 1.82) is 0 Å². The Balaban J connectivity index is 2.19. The summed E-state index contributed by atoms with van der Waals surface area (Å²) in [6.07, 6.45) is 0. The first-order valence-corrected chi connectivity index (χ1v) is 7.68. The molecule has 0 spiro atoms. The molecular weight excluding hydrogens is 240 g/mol.